The van der Waals surface area contributed by atoms with E-state index in [2.05, 4.69) is 10.0 Å². The molecule has 0 unspecified atom stereocenters. The summed E-state index contributed by atoms with van der Waals surface area (Å²) in [6.45, 7) is 1.68. The molecule has 0 spiro atoms. The minimum absolute atomic E-state index is 0.0204. The van der Waals surface area contributed by atoms with E-state index in [4.69, 9.17) is 4.74 Å². The first kappa shape index (κ1) is 26.7. The normalized spacial score (nSPS) is 12.1. The second kappa shape index (κ2) is 11.0. The lowest BCUT2D eigenvalue weighted by atomic mass is 10.0. The first-order valence-electron chi connectivity index (χ1n) is 11.9. The third kappa shape index (κ3) is 5.50. The highest BCUT2D eigenvalue weighted by Gasteiger charge is 2.30. The summed E-state index contributed by atoms with van der Waals surface area (Å²) in [6.07, 6.45) is 0.168. The molecule has 0 aliphatic heterocycles. The van der Waals surface area contributed by atoms with E-state index in [0.717, 1.165) is 11.1 Å². The summed E-state index contributed by atoms with van der Waals surface area (Å²) >= 11 is 0. The van der Waals surface area contributed by atoms with Crippen molar-refractivity contribution in [3.05, 3.63) is 90.1 Å². The number of methoxy groups -OCH3 is 1. The van der Waals surface area contributed by atoms with Crippen molar-refractivity contribution >= 4 is 38.6 Å². The summed E-state index contributed by atoms with van der Waals surface area (Å²) in [4.78, 5) is 28.0. The van der Waals surface area contributed by atoms with Crippen LogP contribution in [-0.4, -0.2) is 45.1 Å². The van der Waals surface area contributed by atoms with Crippen LogP contribution in [0, 0.1) is 6.92 Å². The molecule has 0 bridgehead atoms. The Bertz CT molecular complexity index is 1560. The largest absolute Gasteiger partial charge is 0.497 e. The van der Waals surface area contributed by atoms with Gasteiger partial charge in [-0.3, -0.25) is 4.79 Å². The molecule has 1 heterocycles. The summed E-state index contributed by atoms with van der Waals surface area (Å²) in [5, 5.41) is 3.09. The average Bonchev–Trinajstić information content (AvgIpc) is 3.18. The van der Waals surface area contributed by atoms with Gasteiger partial charge in [-0.1, -0.05) is 48.5 Å². The monoisotopic (exact) mass is 534 g/mol. The Morgan fingerprint density at radius 2 is 1.61 bits per heavy atom. The number of urea groups is 1. The lowest BCUT2D eigenvalue weighted by Crippen LogP contribution is -2.52. The van der Waals surface area contributed by atoms with Crippen molar-refractivity contribution in [2.45, 2.75) is 24.3 Å². The Kier molecular flexibility index (Phi) is 7.72. The maximum absolute atomic E-state index is 13.5. The van der Waals surface area contributed by atoms with Crippen molar-refractivity contribution in [3.63, 3.8) is 0 Å². The Labute approximate surface area is 222 Å². The number of amides is 3. The number of carbonyl (C=O) groups is 2. The van der Waals surface area contributed by atoms with E-state index < -0.39 is 28.0 Å². The summed E-state index contributed by atoms with van der Waals surface area (Å²) in [7, 11) is 0.669. The van der Waals surface area contributed by atoms with Crippen molar-refractivity contribution in [2.75, 3.05) is 19.1 Å². The van der Waals surface area contributed by atoms with Crippen molar-refractivity contribution in [2.24, 2.45) is 7.05 Å². The van der Waals surface area contributed by atoms with Gasteiger partial charge in [0.2, 0.25) is 5.91 Å². The van der Waals surface area contributed by atoms with Gasteiger partial charge in [-0.25, -0.2) is 17.9 Å². The van der Waals surface area contributed by atoms with Crippen LogP contribution in [0.25, 0.3) is 10.9 Å². The first-order chi connectivity index (χ1) is 18.1. The molecule has 38 heavy (non-hydrogen) atoms. The maximum atomic E-state index is 13.5. The van der Waals surface area contributed by atoms with Gasteiger partial charge in [-0.15, -0.1) is 0 Å². The van der Waals surface area contributed by atoms with Crippen LogP contribution in [0.15, 0.2) is 83.8 Å². The Balaban J connectivity index is 1.59. The SMILES string of the molecule is COc1ccc(N(C)C(=O)[C@H](Cc2ccccc2)NC(=O)NS(=O)(=O)c2c(C)n(C)c3ccccc23)cc1. The van der Waals surface area contributed by atoms with Gasteiger partial charge >= 0.3 is 6.03 Å². The van der Waals surface area contributed by atoms with Crippen LogP contribution in [0.2, 0.25) is 0 Å². The quantitative estimate of drug-likeness (QED) is 0.358. The summed E-state index contributed by atoms with van der Waals surface area (Å²) in [6, 6.07) is 21.1. The molecule has 0 radical (unpaired) electrons. The number of rotatable bonds is 8. The fraction of sp³-hybridized carbons (Fsp3) is 0.214. The molecule has 0 aliphatic carbocycles. The third-order valence-corrected chi connectivity index (χ3v) is 8.02. The Hall–Kier alpha value is -4.31. The number of likely N-dealkylation sites (N-methyl/N-ethyl adjacent to an activating group) is 1. The topological polar surface area (TPSA) is 110 Å². The van der Waals surface area contributed by atoms with Gasteiger partial charge in [-0.2, -0.15) is 0 Å². The second-order valence-electron chi connectivity index (χ2n) is 8.91. The molecule has 1 atom stereocenters. The van der Waals surface area contributed by atoms with Gasteiger partial charge in [0.15, 0.2) is 0 Å². The summed E-state index contributed by atoms with van der Waals surface area (Å²) in [5.41, 5.74) is 2.61. The lowest BCUT2D eigenvalue weighted by Gasteiger charge is -2.25. The molecular formula is C28H30N4O5S. The zero-order chi connectivity index (χ0) is 27.4. The molecule has 3 aromatic carbocycles. The fourth-order valence-corrected chi connectivity index (χ4v) is 5.80. The van der Waals surface area contributed by atoms with Gasteiger partial charge in [0.25, 0.3) is 10.0 Å². The van der Waals surface area contributed by atoms with Gasteiger partial charge in [-0.05, 0) is 42.8 Å². The molecule has 4 aromatic rings. The van der Waals surface area contributed by atoms with E-state index in [1.165, 1.54) is 4.90 Å². The number of hydrogen-bond acceptors (Lipinski definition) is 5. The second-order valence-corrected chi connectivity index (χ2v) is 10.5. The van der Waals surface area contributed by atoms with Crippen LogP contribution >= 0.6 is 0 Å². The van der Waals surface area contributed by atoms with Gasteiger partial charge in [0.1, 0.15) is 16.7 Å². The number of aryl methyl sites for hydroxylation is 1. The molecule has 0 saturated carbocycles. The molecule has 4 rings (SSSR count). The van der Waals surface area contributed by atoms with E-state index in [1.54, 1.807) is 69.1 Å². The number of anilines is 1. The standard InChI is InChI=1S/C28H30N4O5S/c1-19-26(23-12-8-9-13-25(23)31(19)2)38(35,36)30-28(34)29-24(18-20-10-6-5-7-11-20)27(33)32(3)21-14-16-22(37-4)17-15-21/h5-17,24H,18H2,1-4H3,(H2,29,30,34)/t24-/m0/s1. The van der Waals surface area contributed by atoms with E-state index >= 15 is 0 Å². The van der Waals surface area contributed by atoms with Crippen LogP contribution < -0.4 is 19.7 Å². The smallest absolute Gasteiger partial charge is 0.329 e. The van der Waals surface area contributed by atoms with E-state index in [-0.39, 0.29) is 11.3 Å². The Morgan fingerprint density at radius 1 is 0.974 bits per heavy atom. The number of hydrogen-bond donors (Lipinski definition) is 2. The molecule has 1 aromatic heterocycles. The van der Waals surface area contributed by atoms with Crippen molar-refractivity contribution in [1.82, 2.24) is 14.6 Å². The number of nitrogens with one attached hydrogen (secondary N) is 2. The van der Waals surface area contributed by atoms with Crippen LogP contribution in [0.4, 0.5) is 10.5 Å². The molecular weight excluding hydrogens is 504 g/mol. The van der Waals surface area contributed by atoms with E-state index in [1.807, 2.05) is 42.5 Å². The van der Waals surface area contributed by atoms with E-state index in [0.29, 0.717) is 22.5 Å². The number of benzene rings is 3. The van der Waals surface area contributed by atoms with Crippen LogP contribution in [-0.2, 0) is 28.3 Å². The number of sulfonamides is 1. The predicted octanol–water partition coefficient (Wildman–Crippen LogP) is 3.76. The van der Waals surface area contributed by atoms with Gasteiger partial charge in [0.05, 0.1) is 7.11 Å². The molecule has 0 fully saturated rings. The number of carbonyl (C=O) groups excluding carboxylic acids is 2. The lowest BCUT2D eigenvalue weighted by molar-refractivity contribution is -0.120. The number of aromatic nitrogens is 1. The summed E-state index contributed by atoms with van der Waals surface area (Å²) in [5.74, 6) is 0.231. The van der Waals surface area contributed by atoms with Crippen LogP contribution in [0.1, 0.15) is 11.3 Å². The number of nitrogens with zero attached hydrogens (tertiary/aromatic N) is 2. The van der Waals surface area contributed by atoms with Gasteiger partial charge < -0.3 is 19.5 Å². The maximum Gasteiger partial charge on any atom is 0.329 e. The molecule has 2 N–H and O–H groups in total. The molecule has 9 nitrogen and oxygen atoms in total. The minimum atomic E-state index is -4.24. The Morgan fingerprint density at radius 3 is 2.26 bits per heavy atom. The zero-order valence-corrected chi connectivity index (χ0v) is 22.5. The summed E-state index contributed by atoms with van der Waals surface area (Å²) < 4.78 is 35.7. The molecule has 198 valence electrons. The number of fused-ring (bicyclic) bond motifs is 1. The first-order valence-corrected chi connectivity index (χ1v) is 13.4. The van der Waals surface area contributed by atoms with Crippen LogP contribution in [0.5, 0.6) is 5.75 Å². The van der Waals surface area contributed by atoms with E-state index in [9.17, 15) is 18.0 Å². The highest BCUT2D eigenvalue weighted by molar-refractivity contribution is 7.90. The average molecular weight is 535 g/mol. The van der Waals surface area contributed by atoms with Crippen molar-refractivity contribution in [1.29, 1.82) is 0 Å². The highest BCUT2D eigenvalue weighted by Crippen LogP contribution is 2.28. The van der Waals surface area contributed by atoms with Gasteiger partial charge in [0, 0.05) is 42.8 Å². The highest BCUT2D eigenvalue weighted by atomic mass is 32.2. The fourth-order valence-electron chi connectivity index (χ4n) is 4.40. The number of para-hydroxylation sites is 1. The van der Waals surface area contributed by atoms with Crippen molar-refractivity contribution < 1.29 is 22.7 Å². The minimum Gasteiger partial charge on any atom is -0.497 e. The third-order valence-electron chi connectivity index (χ3n) is 6.51. The predicted molar refractivity (Wildman–Crippen MR) is 147 cm³/mol. The number of ether oxygens (including phenoxy) is 1. The molecule has 3 amide bonds. The zero-order valence-electron chi connectivity index (χ0n) is 21.6. The molecule has 10 heteroatoms. The molecule has 0 aliphatic rings. The molecule has 0 saturated heterocycles. The van der Waals surface area contributed by atoms with Crippen LogP contribution in [0.3, 0.4) is 0 Å². The van der Waals surface area contributed by atoms with Crippen molar-refractivity contribution in [3.8, 4) is 5.75 Å².